The lowest BCUT2D eigenvalue weighted by atomic mass is 9.98. The number of hydrogen-bond acceptors (Lipinski definition) is 2. The first-order valence-electron chi connectivity index (χ1n) is 6.51. The van der Waals surface area contributed by atoms with Crippen molar-refractivity contribution < 1.29 is 9.13 Å². The Hall–Kier alpha value is -1.39. The molecule has 0 amide bonds. The Morgan fingerprint density at radius 1 is 1.20 bits per heavy atom. The van der Waals surface area contributed by atoms with Crippen LogP contribution in [0.25, 0.3) is 0 Å². The first-order chi connectivity index (χ1) is 9.67. The Morgan fingerprint density at radius 3 is 2.50 bits per heavy atom. The second-order valence-electron chi connectivity index (χ2n) is 4.37. The molecule has 0 aliphatic carbocycles. The highest BCUT2D eigenvalue weighted by Gasteiger charge is 2.16. The Labute approximate surface area is 127 Å². The minimum atomic E-state index is -0.256. The smallest absolute Gasteiger partial charge is 0.137 e. The Kier molecular flexibility index (Phi) is 5.15. The molecule has 106 valence electrons. The highest BCUT2D eigenvalue weighted by atomic mass is 79.9. The average Bonchev–Trinajstić information content (AvgIpc) is 2.46. The molecule has 2 aromatic carbocycles. The van der Waals surface area contributed by atoms with E-state index in [9.17, 15) is 4.39 Å². The molecule has 4 heteroatoms. The normalized spacial score (nSPS) is 12.2. The molecule has 0 aliphatic heterocycles. The van der Waals surface area contributed by atoms with Crippen LogP contribution >= 0.6 is 15.9 Å². The van der Waals surface area contributed by atoms with E-state index in [0.29, 0.717) is 11.1 Å². The van der Waals surface area contributed by atoms with Crippen LogP contribution in [-0.4, -0.2) is 13.7 Å². The molecule has 0 aliphatic rings. The number of ether oxygens (including phenoxy) is 1. The first-order valence-corrected chi connectivity index (χ1v) is 7.30. The fourth-order valence-electron chi connectivity index (χ4n) is 2.17. The van der Waals surface area contributed by atoms with Crippen molar-refractivity contribution in [2.24, 2.45) is 0 Å². The van der Waals surface area contributed by atoms with Gasteiger partial charge in [0, 0.05) is 0 Å². The molecule has 0 saturated heterocycles. The van der Waals surface area contributed by atoms with Crippen molar-refractivity contribution in [1.82, 2.24) is 5.32 Å². The maximum atomic E-state index is 13.7. The third kappa shape index (κ3) is 3.19. The molecule has 0 fully saturated rings. The summed E-state index contributed by atoms with van der Waals surface area (Å²) in [6, 6.07) is 12.8. The molecular formula is C16H17BrFNO. The van der Waals surface area contributed by atoms with Crippen LogP contribution in [0.1, 0.15) is 24.1 Å². The molecule has 0 radical (unpaired) electrons. The van der Waals surface area contributed by atoms with Gasteiger partial charge >= 0.3 is 0 Å². The molecule has 0 aromatic heterocycles. The van der Waals surface area contributed by atoms with E-state index in [-0.39, 0.29) is 11.9 Å². The quantitative estimate of drug-likeness (QED) is 0.878. The molecule has 0 heterocycles. The van der Waals surface area contributed by atoms with E-state index in [1.165, 1.54) is 6.07 Å². The van der Waals surface area contributed by atoms with Crippen molar-refractivity contribution in [1.29, 1.82) is 0 Å². The van der Waals surface area contributed by atoms with E-state index in [1.807, 2.05) is 44.3 Å². The topological polar surface area (TPSA) is 21.3 Å². The van der Waals surface area contributed by atoms with E-state index >= 15 is 0 Å². The highest BCUT2D eigenvalue weighted by molar-refractivity contribution is 9.10. The molecule has 1 unspecified atom stereocenters. The molecule has 1 atom stereocenters. The summed E-state index contributed by atoms with van der Waals surface area (Å²) in [6.45, 7) is 2.60. The minimum absolute atomic E-state index is 0.0734. The lowest BCUT2D eigenvalue weighted by Crippen LogP contribution is -2.18. The fraction of sp³-hybridized carbons (Fsp3) is 0.250. The third-order valence-electron chi connectivity index (χ3n) is 3.11. The van der Waals surface area contributed by atoms with Crippen LogP contribution in [0.4, 0.5) is 4.39 Å². The van der Waals surface area contributed by atoms with E-state index in [4.69, 9.17) is 4.74 Å². The van der Waals surface area contributed by atoms with Gasteiger partial charge in [-0.25, -0.2) is 4.39 Å². The molecule has 1 N–H and O–H groups in total. The van der Waals surface area contributed by atoms with Crippen LogP contribution in [0, 0.1) is 5.82 Å². The summed E-state index contributed by atoms with van der Waals surface area (Å²) >= 11 is 3.32. The van der Waals surface area contributed by atoms with Gasteiger partial charge in [-0.3, -0.25) is 0 Å². The molecule has 20 heavy (non-hydrogen) atoms. The molecule has 2 aromatic rings. The van der Waals surface area contributed by atoms with Gasteiger partial charge in [0.15, 0.2) is 0 Å². The van der Waals surface area contributed by atoms with Crippen LogP contribution in [0.2, 0.25) is 0 Å². The Balaban J connectivity index is 2.34. The zero-order chi connectivity index (χ0) is 14.5. The van der Waals surface area contributed by atoms with Crippen LogP contribution < -0.4 is 10.1 Å². The predicted octanol–water partition coefficient (Wildman–Crippen LogP) is 4.30. The van der Waals surface area contributed by atoms with Crippen LogP contribution in [-0.2, 0) is 0 Å². The van der Waals surface area contributed by atoms with E-state index < -0.39 is 0 Å². The summed E-state index contributed by atoms with van der Waals surface area (Å²) in [5.74, 6) is 0.582. The summed E-state index contributed by atoms with van der Waals surface area (Å²) in [4.78, 5) is 0. The van der Waals surface area contributed by atoms with Gasteiger partial charge in [0.1, 0.15) is 11.6 Å². The molecule has 0 bridgehead atoms. The Morgan fingerprint density at radius 2 is 1.90 bits per heavy atom. The zero-order valence-corrected chi connectivity index (χ0v) is 13.1. The molecule has 2 nitrogen and oxygen atoms in total. The number of rotatable bonds is 5. The Bertz CT molecular complexity index is 571. The number of halogens is 2. The average molecular weight is 338 g/mol. The van der Waals surface area contributed by atoms with Crippen molar-refractivity contribution >= 4 is 15.9 Å². The zero-order valence-electron chi connectivity index (χ0n) is 11.5. The second kappa shape index (κ2) is 6.86. The van der Waals surface area contributed by atoms with E-state index in [1.54, 1.807) is 6.07 Å². The van der Waals surface area contributed by atoms with E-state index in [2.05, 4.69) is 21.2 Å². The van der Waals surface area contributed by atoms with Crippen molar-refractivity contribution in [3.8, 4) is 5.75 Å². The maximum absolute atomic E-state index is 13.7. The monoisotopic (exact) mass is 337 g/mol. The first kappa shape index (κ1) is 15.0. The van der Waals surface area contributed by atoms with Crippen LogP contribution in [0.5, 0.6) is 5.75 Å². The van der Waals surface area contributed by atoms with Crippen molar-refractivity contribution in [3.63, 3.8) is 0 Å². The summed E-state index contributed by atoms with van der Waals surface area (Å²) in [7, 11) is 1.86. The van der Waals surface area contributed by atoms with Crippen molar-refractivity contribution in [2.75, 3.05) is 13.7 Å². The minimum Gasteiger partial charge on any atom is -0.494 e. The van der Waals surface area contributed by atoms with Gasteiger partial charge in [0.25, 0.3) is 0 Å². The van der Waals surface area contributed by atoms with Crippen molar-refractivity contribution in [2.45, 2.75) is 13.0 Å². The third-order valence-corrected chi connectivity index (χ3v) is 3.94. The number of benzene rings is 2. The molecular weight excluding hydrogens is 321 g/mol. The molecule has 0 spiro atoms. The van der Waals surface area contributed by atoms with Gasteiger partial charge in [0.2, 0.25) is 0 Å². The second-order valence-corrected chi connectivity index (χ2v) is 5.16. The van der Waals surface area contributed by atoms with Gasteiger partial charge in [-0.2, -0.15) is 0 Å². The summed E-state index contributed by atoms with van der Waals surface area (Å²) in [5.41, 5.74) is 1.93. The standard InChI is InChI=1S/C16H17BrFNO/c1-3-20-12-9-7-11(8-10-12)16(19-2)13-5-4-6-14(18)15(13)17/h4-10,16,19H,3H2,1-2H3. The lowest BCUT2D eigenvalue weighted by Gasteiger charge is -2.19. The lowest BCUT2D eigenvalue weighted by molar-refractivity contribution is 0.340. The number of hydrogen-bond donors (Lipinski definition) is 1. The van der Waals surface area contributed by atoms with Crippen molar-refractivity contribution in [3.05, 3.63) is 63.9 Å². The fourth-order valence-corrected chi connectivity index (χ4v) is 2.66. The van der Waals surface area contributed by atoms with Crippen LogP contribution in [0.3, 0.4) is 0 Å². The van der Waals surface area contributed by atoms with Gasteiger partial charge in [0.05, 0.1) is 17.1 Å². The summed E-state index contributed by atoms with van der Waals surface area (Å²) in [5, 5.41) is 3.22. The van der Waals surface area contributed by atoms with Crippen LogP contribution in [0.15, 0.2) is 46.9 Å². The van der Waals surface area contributed by atoms with Gasteiger partial charge in [-0.15, -0.1) is 0 Å². The molecule has 0 saturated carbocycles. The number of nitrogens with one attached hydrogen (secondary N) is 1. The largest absolute Gasteiger partial charge is 0.494 e. The summed E-state index contributed by atoms with van der Waals surface area (Å²) < 4.78 is 19.6. The van der Waals surface area contributed by atoms with Gasteiger partial charge in [-0.05, 0) is 59.2 Å². The predicted molar refractivity (Wildman–Crippen MR) is 82.6 cm³/mol. The SMILES string of the molecule is CCOc1ccc(C(NC)c2cccc(F)c2Br)cc1. The maximum Gasteiger partial charge on any atom is 0.137 e. The summed E-state index contributed by atoms with van der Waals surface area (Å²) in [6.07, 6.45) is 0. The van der Waals surface area contributed by atoms with E-state index in [0.717, 1.165) is 16.9 Å². The molecule has 2 rings (SSSR count). The van der Waals surface area contributed by atoms with Gasteiger partial charge < -0.3 is 10.1 Å². The van der Waals surface area contributed by atoms with Gasteiger partial charge in [-0.1, -0.05) is 24.3 Å². The highest BCUT2D eigenvalue weighted by Crippen LogP contribution is 2.30.